The van der Waals surface area contributed by atoms with E-state index in [4.69, 9.17) is 4.98 Å². The largest absolute Gasteiger partial charge is 0.384 e. The zero-order valence-electron chi connectivity index (χ0n) is 21.6. The van der Waals surface area contributed by atoms with Crippen molar-refractivity contribution in [2.24, 2.45) is 7.05 Å². The zero-order chi connectivity index (χ0) is 26.5. The van der Waals surface area contributed by atoms with E-state index in [1.54, 1.807) is 19.2 Å². The molecule has 0 unspecified atom stereocenters. The van der Waals surface area contributed by atoms with Crippen LogP contribution in [-0.2, 0) is 19.9 Å². The number of anilines is 2. The summed E-state index contributed by atoms with van der Waals surface area (Å²) < 4.78 is 29.6. The number of nitrogens with one attached hydrogen (secondary N) is 2. The highest BCUT2D eigenvalue weighted by Gasteiger charge is 2.18. The maximum atomic E-state index is 14.1. The van der Waals surface area contributed by atoms with Gasteiger partial charge in [-0.2, -0.15) is 0 Å². The number of rotatable bonds is 10. The molecule has 0 aliphatic heterocycles. The first-order chi connectivity index (χ1) is 18.5. The summed E-state index contributed by atoms with van der Waals surface area (Å²) in [7, 11) is 1.64. The summed E-state index contributed by atoms with van der Waals surface area (Å²) in [6.45, 7) is 1.46. The molecule has 0 spiro atoms. The van der Waals surface area contributed by atoms with E-state index < -0.39 is 5.82 Å². The van der Waals surface area contributed by atoms with Gasteiger partial charge in [0.25, 0.3) is 5.56 Å². The topological polar surface area (TPSA) is 84.7 Å². The molecule has 0 saturated heterocycles. The summed E-state index contributed by atoms with van der Waals surface area (Å²) in [6.07, 6.45) is 10.8. The van der Waals surface area contributed by atoms with Gasteiger partial charge >= 0.3 is 0 Å². The molecule has 4 aromatic rings. The third kappa shape index (κ3) is 5.66. The number of aromatic nitrogens is 4. The summed E-state index contributed by atoms with van der Waals surface area (Å²) >= 11 is 0. The summed E-state index contributed by atoms with van der Waals surface area (Å²) in [5.41, 5.74) is 4.55. The van der Waals surface area contributed by atoms with Crippen LogP contribution in [0.3, 0.4) is 0 Å². The average molecular weight is 519 g/mol. The lowest BCUT2D eigenvalue weighted by atomic mass is 9.92. The molecule has 0 radical (unpaired) electrons. The fourth-order valence-corrected chi connectivity index (χ4v) is 5.03. The first kappa shape index (κ1) is 25.8. The average Bonchev–Trinajstić information content (AvgIpc) is 2.92. The Morgan fingerprint density at radius 3 is 2.55 bits per heavy atom. The van der Waals surface area contributed by atoms with Crippen molar-refractivity contribution >= 4 is 22.5 Å². The molecular formula is C29H32F2N6O. The maximum absolute atomic E-state index is 14.1. The van der Waals surface area contributed by atoms with E-state index in [9.17, 15) is 13.6 Å². The molecule has 9 heteroatoms. The number of fused-ring (bicyclic) bond motifs is 2. The van der Waals surface area contributed by atoms with Crippen molar-refractivity contribution in [3.63, 3.8) is 0 Å². The molecule has 2 N–H and O–H groups in total. The lowest BCUT2D eigenvalue weighted by Gasteiger charge is -2.21. The molecule has 1 aromatic carbocycles. The molecule has 0 saturated carbocycles. The molecular weight excluding hydrogens is 486 g/mol. The predicted octanol–water partition coefficient (Wildman–Crippen LogP) is 5.63. The number of unbranched alkanes of at least 4 members (excludes halogenated alkanes) is 3. The van der Waals surface area contributed by atoms with Gasteiger partial charge in [0.15, 0.2) is 5.82 Å². The highest BCUT2D eigenvalue weighted by atomic mass is 19.1. The Balaban J connectivity index is 1.13. The molecule has 0 fully saturated rings. The molecule has 38 heavy (non-hydrogen) atoms. The summed E-state index contributed by atoms with van der Waals surface area (Å²) in [4.78, 5) is 25.4. The van der Waals surface area contributed by atoms with Crippen LogP contribution in [0.1, 0.15) is 49.8 Å². The van der Waals surface area contributed by atoms with Crippen LogP contribution in [-0.4, -0.2) is 32.6 Å². The number of nitrogens with zero attached hydrogens (tertiary/aromatic N) is 4. The minimum Gasteiger partial charge on any atom is -0.384 e. The van der Waals surface area contributed by atoms with Gasteiger partial charge in [-0.1, -0.05) is 12.8 Å². The van der Waals surface area contributed by atoms with Gasteiger partial charge in [0.05, 0.1) is 17.4 Å². The van der Waals surface area contributed by atoms with Crippen molar-refractivity contribution in [2.75, 3.05) is 23.7 Å². The molecule has 1 aliphatic carbocycles. The van der Waals surface area contributed by atoms with Crippen molar-refractivity contribution in [2.45, 2.75) is 51.4 Å². The van der Waals surface area contributed by atoms with Gasteiger partial charge < -0.3 is 10.6 Å². The Bertz CT molecular complexity index is 1500. The highest BCUT2D eigenvalue weighted by molar-refractivity contribution is 5.93. The molecule has 3 aromatic heterocycles. The van der Waals surface area contributed by atoms with Crippen molar-refractivity contribution in [1.29, 1.82) is 0 Å². The molecule has 7 nitrogen and oxygen atoms in total. The van der Waals surface area contributed by atoms with Crippen LogP contribution in [0.15, 0.2) is 47.5 Å². The van der Waals surface area contributed by atoms with Crippen molar-refractivity contribution < 1.29 is 8.78 Å². The van der Waals surface area contributed by atoms with Gasteiger partial charge in [0.1, 0.15) is 5.82 Å². The minimum atomic E-state index is -0.516. The second-order valence-corrected chi connectivity index (χ2v) is 9.77. The Morgan fingerprint density at radius 2 is 1.74 bits per heavy atom. The second kappa shape index (κ2) is 11.7. The zero-order valence-corrected chi connectivity index (χ0v) is 21.6. The van der Waals surface area contributed by atoms with Gasteiger partial charge in [-0.15, -0.1) is 0 Å². The molecule has 0 atom stereocenters. The fourth-order valence-electron chi connectivity index (χ4n) is 5.03. The quantitative estimate of drug-likeness (QED) is 0.265. The van der Waals surface area contributed by atoms with Crippen LogP contribution < -0.4 is 16.2 Å². The monoisotopic (exact) mass is 518 g/mol. The van der Waals surface area contributed by atoms with Crippen molar-refractivity contribution in [1.82, 2.24) is 19.5 Å². The fraction of sp³-hybridized carbons (Fsp3) is 0.379. The minimum absolute atomic E-state index is 0.242. The molecule has 198 valence electrons. The molecule has 3 heterocycles. The van der Waals surface area contributed by atoms with E-state index in [0.717, 1.165) is 86.4 Å². The third-order valence-corrected chi connectivity index (χ3v) is 7.10. The predicted molar refractivity (Wildman–Crippen MR) is 146 cm³/mol. The number of benzene rings is 1. The van der Waals surface area contributed by atoms with Gasteiger partial charge in [-0.3, -0.25) is 19.3 Å². The van der Waals surface area contributed by atoms with Gasteiger partial charge in [-0.25, -0.2) is 13.8 Å². The van der Waals surface area contributed by atoms with Gasteiger partial charge in [0.2, 0.25) is 5.95 Å². The Morgan fingerprint density at radius 1 is 0.947 bits per heavy atom. The van der Waals surface area contributed by atoms with Crippen LogP contribution >= 0.6 is 0 Å². The van der Waals surface area contributed by atoms with E-state index in [-0.39, 0.29) is 22.6 Å². The van der Waals surface area contributed by atoms with E-state index in [2.05, 4.69) is 20.6 Å². The van der Waals surface area contributed by atoms with E-state index >= 15 is 0 Å². The van der Waals surface area contributed by atoms with Crippen LogP contribution in [0.4, 0.5) is 20.4 Å². The van der Waals surface area contributed by atoms with Crippen molar-refractivity contribution in [3.05, 3.63) is 76.0 Å². The van der Waals surface area contributed by atoms with Crippen molar-refractivity contribution in [3.8, 4) is 11.3 Å². The lowest BCUT2D eigenvalue weighted by molar-refractivity contribution is 0.624. The molecule has 0 bridgehead atoms. The molecule has 5 rings (SSSR count). The van der Waals surface area contributed by atoms with E-state index in [0.29, 0.717) is 12.5 Å². The number of aryl methyl sites for hydroxylation is 1. The number of hydrogen-bond acceptors (Lipinski definition) is 6. The summed E-state index contributed by atoms with van der Waals surface area (Å²) in [6, 6.07) is 7.67. The summed E-state index contributed by atoms with van der Waals surface area (Å²) in [5.74, 6) is -0.348. The van der Waals surface area contributed by atoms with Gasteiger partial charge in [0, 0.05) is 54.7 Å². The van der Waals surface area contributed by atoms with E-state index in [1.807, 2.05) is 0 Å². The lowest BCUT2D eigenvalue weighted by Crippen LogP contribution is -2.22. The van der Waals surface area contributed by atoms with Crippen LogP contribution in [0.25, 0.3) is 22.2 Å². The van der Waals surface area contributed by atoms with Crippen LogP contribution in [0.5, 0.6) is 0 Å². The first-order valence-corrected chi connectivity index (χ1v) is 13.3. The number of halogens is 2. The number of hydrogen-bond donors (Lipinski definition) is 2. The van der Waals surface area contributed by atoms with E-state index in [1.165, 1.54) is 34.5 Å². The SMILES string of the molecule is Cn1c(NCCCCCCNc2c3c(nc4ccc(F)cc24)CCCC3)nc(-c2ccncc2F)cc1=O. The third-order valence-electron chi connectivity index (χ3n) is 7.10. The maximum Gasteiger partial charge on any atom is 0.255 e. The molecule has 0 amide bonds. The second-order valence-electron chi connectivity index (χ2n) is 9.77. The Hall–Kier alpha value is -3.88. The van der Waals surface area contributed by atoms with Crippen LogP contribution in [0.2, 0.25) is 0 Å². The normalized spacial score (nSPS) is 12.9. The Kier molecular flexibility index (Phi) is 7.91. The standard InChI is InChI=1S/C29H32F2N6O/c1-37-27(38)17-26(20-12-15-32-18-23(20)31)36-29(37)34-14-7-3-2-6-13-33-28-21-8-4-5-9-24(21)35-25-11-10-19(30)16-22(25)28/h10-12,15-18H,2-9,13-14H2,1H3,(H,33,35)(H,34,36). The number of pyridine rings is 2. The smallest absolute Gasteiger partial charge is 0.255 e. The highest BCUT2D eigenvalue weighted by Crippen LogP contribution is 2.33. The molecule has 1 aliphatic rings. The van der Waals surface area contributed by atoms with Crippen LogP contribution in [0, 0.1) is 11.6 Å². The Labute approximate surface area is 220 Å². The van der Waals surface area contributed by atoms with Gasteiger partial charge in [-0.05, 0) is 68.4 Å². The first-order valence-electron chi connectivity index (χ1n) is 13.3. The summed E-state index contributed by atoms with van der Waals surface area (Å²) in [5, 5.41) is 7.67.